The zero-order valence-electron chi connectivity index (χ0n) is 19.9. The summed E-state index contributed by atoms with van der Waals surface area (Å²) in [6.45, 7) is 3.80. The van der Waals surface area contributed by atoms with E-state index in [1.54, 1.807) is 11.2 Å². The van der Waals surface area contributed by atoms with E-state index < -0.39 is 6.04 Å². The number of piperidine rings is 2. The number of carbonyl (C=O) groups excluding carboxylic acids is 3. The summed E-state index contributed by atoms with van der Waals surface area (Å²) >= 11 is 0. The third-order valence-electron chi connectivity index (χ3n) is 8.47. The monoisotopic (exact) mass is 485 g/mol. The van der Waals surface area contributed by atoms with Gasteiger partial charge in [0, 0.05) is 40.5 Å². The number of hydrogen-bond acceptors (Lipinski definition) is 6. The molecule has 0 aliphatic carbocycles. The maximum Gasteiger partial charge on any atom is 0.255 e. The third kappa shape index (κ3) is 3.27. The quantitative estimate of drug-likeness (QED) is 0.573. The SMILES string of the molecule is O=C1CCC(N2Cc3c(ccc4c3OCC43CCN(Cc4ccc5ccoc5c4)CC3)C2=O)C(=O)N1. The van der Waals surface area contributed by atoms with Gasteiger partial charge in [-0.15, -0.1) is 0 Å². The van der Waals surface area contributed by atoms with Crippen molar-refractivity contribution in [3.05, 3.63) is 64.9 Å². The molecule has 0 bridgehead atoms. The summed E-state index contributed by atoms with van der Waals surface area (Å²) in [5, 5.41) is 3.49. The maximum atomic E-state index is 13.2. The molecule has 8 heteroatoms. The van der Waals surface area contributed by atoms with E-state index in [0.717, 1.165) is 54.8 Å². The summed E-state index contributed by atoms with van der Waals surface area (Å²) in [7, 11) is 0. The first-order valence-electron chi connectivity index (χ1n) is 12.6. The molecule has 1 aromatic heterocycles. The molecule has 3 aromatic rings. The fraction of sp³-hybridized carbons (Fsp3) is 0.393. The van der Waals surface area contributed by atoms with Crippen molar-refractivity contribution in [2.75, 3.05) is 19.7 Å². The van der Waals surface area contributed by atoms with Gasteiger partial charge >= 0.3 is 0 Å². The van der Waals surface area contributed by atoms with Crippen LogP contribution in [0.1, 0.15) is 52.7 Å². The Morgan fingerprint density at radius 2 is 1.92 bits per heavy atom. The largest absolute Gasteiger partial charge is 0.492 e. The molecule has 1 N–H and O–H groups in total. The van der Waals surface area contributed by atoms with Crippen LogP contribution in [0.4, 0.5) is 0 Å². The predicted octanol–water partition coefficient (Wildman–Crippen LogP) is 3.12. The fourth-order valence-electron chi connectivity index (χ4n) is 6.39. The van der Waals surface area contributed by atoms with E-state index in [1.807, 2.05) is 12.1 Å². The van der Waals surface area contributed by atoms with Crippen LogP contribution in [-0.2, 0) is 28.1 Å². The summed E-state index contributed by atoms with van der Waals surface area (Å²) < 4.78 is 11.9. The smallest absolute Gasteiger partial charge is 0.255 e. The minimum absolute atomic E-state index is 0.0447. The molecule has 0 saturated carbocycles. The molecule has 5 heterocycles. The number of carbonyl (C=O) groups is 3. The minimum Gasteiger partial charge on any atom is -0.492 e. The molecular formula is C28H27N3O5. The number of ether oxygens (including phenoxy) is 1. The van der Waals surface area contributed by atoms with Gasteiger partial charge in [-0.25, -0.2) is 0 Å². The zero-order chi connectivity index (χ0) is 24.4. The molecule has 3 amide bonds. The van der Waals surface area contributed by atoms with Gasteiger partial charge in [-0.05, 0) is 56.1 Å². The molecule has 7 rings (SSSR count). The van der Waals surface area contributed by atoms with E-state index in [2.05, 4.69) is 34.5 Å². The van der Waals surface area contributed by atoms with E-state index in [9.17, 15) is 14.4 Å². The molecule has 184 valence electrons. The Bertz CT molecular complexity index is 1420. The number of rotatable bonds is 3. The van der Waals surface area contributed by atoms with E-state index in [4.69, 9.17) is 9.15 Å². The highest BCUT2D eigenvalue weighted by atomic mass is 16.5. The van der Waals surface area contributed by atoms with Crippen molar-refractivity contribution in [2.24, 2.45) is 0 Å². The molecule has 1 spiro atoms. The topological polar surface area (TPSA) is 92.1 Å². The van der Waals surface area contributed by atoms with Gasteiger partial charge in [0.25, 0.3) is 5.91 Å². The van der Waals surface area contributed by atoms with Crippen LogP contribution in [0.15, 0.2) is 47.1 Å². The first-order valence-corrected chi connectivity index (χ1v) is 12.6. The number of benzene rings is 2. The lowest BCUT2D eigenvalue weighted by Crippen LogP contribution is -2.52. The molecule has 2 fully saturated rings. The number of amides is 3. The standard InChI is InChI=1S/C28H27N3O5/c32-24-6-5-22(26(33)29-24)31-15-20-19(27(31)34)3-4-21-25(20)36-16-28(21)8-10-30(11-9-28)14-17-1-2-18-7-12-35-23(18)13-17/h1-4,7,12-13,22H,5-6,8-11,14-16H2,(H,29,32,33). The second-order valence-corrected chi connectivity index (χ2v) is 10.5. The summed E-state index contributed by atoms with van der Waals surface area (Å²) in [5.41, 5.74) is 4.82. The number of fused-ring (bicyclic) bond motifs is 5. The second-order valence-electron chi connectivity index (χ2n) is 10.5. The van der Waals surface area contributed by atoms with Crippen molar-refractivity contribution >= 4 is 28.7 Å². The van der Waals surface area contributed by atoms with Crippen LogP contribution < -0.4 is 10.1 Å². The van der Waals surface area contributed by atoms with Crippen LogP contribution in [0, 0.1) is 0 Å². The summed E-state index contributed by atoms with van der Waals surface area (Å²) in [6.07, 6.45) is 4.32. The first-order chi connectivity index (χ1) is 17.5. The zero-order valence-corrected chi connectivity index (χ0v) is 19.9. The van der Waals surface area contributed by atoms with Gasteiger partial charge in [-0.3, -0.25) is 24.6 Å². The number of furan rings is 1. The Morgan fingerprint density at radius 3 is 2.75 bits per heavy atom. The van der Waals surface area contributed by atoms with Crippen LogP contribution in [-0.4, -0.2) is 53.3 Å². The van der Waals surface area contributed by atoms with Crippen LogP contribution >= 0.6 is 0 Å². The number of imide groups is 1. The van der Waals surface area contributed by atoms with Crippen LogP contribution in [0.3, 0.4) is 0 Å². The van der Waals surface area contributed by atoms with Gasteiger partial charge < -0.3 is 14.1 Å². The molecule has 8 nitrogen and oxygen atoms in total. The predicted molar refractivity (Wildman–Crippen MR) is 130 cm³/mol. The van der Waals surface area contributed by atoms with E-state index in [0.29, 0.717) is 25.1 Å². The number of nitrogens with zero attached hydrogens (tertiary/aromatic N) is 2. The summed E-state index contributed by atoms with van der Waals surface area (Å²) in [4.78, 5) is 41.2. The van der Waals surface area contributed by atoms with E-state index in [1.165, 1.54) is 11.1 Å². The normalized spacial score (nSPS) is 23.2. The van der Waals surface area contributed by atoms with Gasteiger partial charge in [0.1, 0.15) is 17.4 Å². The lowest BCUT2D eigenvalue weighted by atomic mass is 9.74. The van der Waals surface area contributed by atoms with Crippen LogP contribution in [0.5, 0.6) is 5.75 Å². The van der Waals surface area contributed by atoms with E-state index in [-0.39, 0.29) is 29.6 Å². The number of hydrogen-bond donors (Lipinski definition) is 1. The average molecular weight is 486 g/mol. The van der Waals surface area contributed by atoms with Gasteiger partial charge in [0.05, 0.1) is 19.4 Å². The van der Waals surface area contributed by atoms with Crippen molar-refractivity contribution in [3.63, 3.8) is 0 Å². The molecule has 1 atom stereocenters. The van der Waals surface area contributed by atoms with Gasteiger partial charge in [0.15, 0.2) is 0 Å². The molecular weight excluding hydrogens is 458 g/mol. The highest BCUT2D eigenvalue weighted by Gasteiger charge is 2.47. The Hall–Kier alpha value is -3.65. The lowest BCUT2D eigenvalue weighted by molar-refractivity contribution is -0.136. The molecule has 0 radical (unpaired) electrons. The summed E-state index contributed by atoms with van der Waals surface area (Å²) in [5.74, 6) is 0.00185. The van der Waals surface area contributed by atoms with Crippen molar-refractivity contribution in [1.82, 2.24) is 15.1 Å². The molecule has 1 unspecified atom stereocenters. The Balaban J connectivity index is 1.08. The highest BCUT2D eigenvalue weighted by Crippen LogP contribution is 2.49. The van der Waals surface area contributed by atoms with Gasteiger partial charge in [0.2, 0.25) is 11.8 Å². The second kappa shape index (κ2) is 7.93. The first kappa shape index (κ1) is 21.6. The van der Waals surface area contributed by atoms with E-state index >= 15 is 0 Å². The number of nitrogens with one attached hydrogen (secondary N) is 1. The van der Waals surface area contributed by atoms with Crippen molar-refractivity contribution in [2.45, 2.75) is 50.2 Å². The maximum absolute atomic E-state index is 13.2. The third-order valence-corrected chi connectivity index (χ3v) is 8.47. The van der Waals surface area contributed by atoms with Crippen molar-refractivity contribution < 1.29 is 23.5 Å². The van der Waals surface area contributed by atoms with Crippen molar-refractivity contribution in [1.29, 1.82) is 0 Å². The molecule has 2 saturated heterocycles. The summed E-state index contributed by atoms with van der Waals surface area (Å²) in [6, 6.07) is 11.7. The molecule has 4 aliphatic heterocycles. The Kier molecular flexibility index (Phi) is 4.76. The van der Waals surface area contributed by atoms with Gasteiger partial charge in [-0.1, -0.05) is 18.2 Å². The minimum atomic E-state index is -0.614. The molecule has 2 aromatic carbocycles. The highest BCUT2D eigenvalue weighted by molar-refractivity contribution is 6.05. The van der Waals surface area contributed by atoms with Crippen molar-refractivity contribution in [3.8, 4) is 5.75 Å². The number of likely N-dealkylation sites (tertiary alicyclic amines) is 1. The molecule has 4 aliphatic rings. The fourth-order valence-corrected chi connectivity index (χ4v) is 6.39. The molecule has 36 heavy (non-hydrogen) atoms. The Labute approximate surface area is 208 Å². The van der Waals surface area contributed by atoms with Crippen LogP contribution in [0.25, 0.3) is 11.0 Å². The van der Waals surface area contributed by atoms with Gasteiger partial charge in [-0.2, -0.15) is 0 Å². The lowest BCUT2D eigenvalue weighted by Gasteiger charge is -2.38. The average Bonchev–Trinajstić information content (AvgIpc) is 3.57. The Morgan fingerprint density at radius 1 is 1.06 bits per heavy atom. The van der Waals surface area contributed by atoms with Crippen LogP contribution in [0.2, 0.25) is 0 Å².